The van der Waals surface area contributed by atoms with E-state index in [1.165, 1.54) is 6.92 Å². The van der Waals surface area contributed by atoms with E-state index in [1.54, 1.807) is 11.3 Å². The number of Topliss-reactive ketones (excluding diaryl/α,β-unsaturated/α-hetero) is 1. The number of hydrogen-bond acceptors (Lipinski definition) is 4. The van der Waals surface area contributed by atoms with Gasteiger partial charge in [-0.2, -0.15) is 0 Å². The Morgan fingerprint density at radius 1 is 1.35 bits per heavy atom. The number of nitrogens with one attached hydrogen (secondary N) is 2. The average Bonchev–Trinajstić information content (AvgIpc) is 3.15. The monoisotopic (exact) mass is 331 g/mol. The van der Waals surface area contributed by atoms with Crippen LogP contribution in [0.2, 0.25) is 0 Å². The molecule has 2 N–H and O–H groups in total. The third-order valence-electron chi connectivity index (χ3n) is 4.30. The van der Waals surface area contributed by atoms with E-state index in [2.05, 4.69) is 15.3 Å². The van der Waals surface area contributed by atoms with Crippen LogP contribution in [0.5, 0.6) is 0 Å². The minimum absolute atomic E-state index is 0.0235. The lowest BCUT2D eigenvalue weighted by molar-refractivity contribution is 0.0926. The van der Waals surface area contributed by atoms with Crippen LogP contribution < -0.4 is 5.32 Å². The molecule has 5 nitrogen and oxygen atoms in total. The lowest BCUT2D eigenvalue weighted by atomic mass is 10.1. The van der Waals surface area contributed by atoms with Crippen LogP contribution in [0.1, 0.15) is 68.6 Å². The molecular weight excluding hydrogens is 310 g/mol. The third kappa shape index (κ3) is 3.08. The van der Waals surface area contributed by atoms with Gasteiger partial charge in [0.2, 0.25) is 0 Å². The van der Waals surface area contributed by atoms with Gasteiger partial charge >= 0.3 is 0 Å². The minimum Gasteiger partial charge on any atom is -0.354 e. The second-order valence-electron chi connectivity index (χ2n) is 6.30. The van der Waals surface area contributed by atoms with E-state index < -0.39 is 0 Å². The van der Waals surface area contributed by atoms with Crippen LogP contribution in [-0.2, 0) is 0 Å². The molecule has 1 aliphatic rings. The Morgan fingerprint density at radius 3 is 2.52 bits per heavy atom. The van der Waals surface area contributed by atoms with E-state index in [4.69, 9.17) is 0 Å². The highest BCUT2D eigenvalue weighted by Crippen LogP contribution is 2.42. The van der Waals surface area contributed by atoms with Crippen LogP contribution in [0, 0.1) is 26.7 Å². The van der Waals surface area contributed by atoms with Gasteiger partial charge in [-0.25, -0.2) is 4.98 Å². The molecule has 2 heterocycles. The fourth-order valence-electron chi connectivity index (χ4n) is 3.04. The molecule has 1 atom stereocenters. The van der Waals surface area contributed by atoms with E-state index in [9.17, 15) is 9.59 Å². The maximum Gasteiger partial charge on any atom is 0.268 e. The number of amides is 1. The summed E-state index contributed by atoms with van der Waals surface area (Å²) in [6.07, 6.45) is 2.23. The maximum atomic E-state index is 12.7. The lowest BCUT2D eigenvalue weighted by Crippen LogP contribution is -2.30. The number of aromatic nitrogens is 2. The summed E-state index contributed by atoms with van der Waals surface area (Å²) >= 11 is 1.59. The molecule has 0 saturated heterocycles. The molecule has 1 saturated carbocycles. The standard InChI is InChI=1S/C17H21N3O2S/c1-8-7-23-17(18-8)15(12-5-6-12)20-16(22)14-9(2)13(11(4)21)10(3)19-14/h7,12,15,19H,5-6H2,1-4H3,(H,20,22)/t15-/m1/s1. The molecule has 3 rings (SSSR count). The van der Waals surface area contributed by atoms with Crippen LogP contribution in [-0.4, -0.2) is 21.7 Å². The van der Waals surface area contributed by atoms with Gasteiger partial charge in [-0.15, -0.1) is 11.3 Å². The number of hydrogen-bond donors (Lipinski definition) is 2. The van der Waals surface area contributed by atoms with Gasteiger partial charge in [0, 0.05) is 22.3 Å². The van der Waals surface area contributed by atoms with Crippen molar-refractivity contribution in [3.05, 3.63) is 38.6 Å². The minimum atomic E-state index is -0.164. The van der Waals surface area contributed by atoms with Crippen molar-refractivity contribution in [3.8, 4) is 0 Å². The molecule has 23 heavy (non-hydrogen) atoms. The summed E-state index contributed by atoms with van der Waals surface area (Å²) in [5, 5.41) is 6.08. The maximum absolute atomic E-state index is 12.7. The molecule has 0 spiro atoms. The van der Waals surface area contributed by atoms with Gasteiger partial charge in [0.1, 0.15) is 10.7 Å². The first kappa shape index (κ1) is 15.9. The fraction of sp³-hybridized carbons (Fsp3) is 0.471. The summed E-state index contributed by atoms with van der Waals surface area (Å²) in [5.74, 6) is 0.278. The van der Waals surface area contributed by atoms with Gasteiger partial charge in [0.15, 0.2) is 5.78 Å². The van der Waals surface area contributed by atoms with Gasteiger partial charge in [-0.3, -0.25) is 9.59 Å². The Morgan fingerprint density at radius 2 is 2.04 bits per heavy atom. The van der Waals surface area contributed by atoms with Gasteiger partial charge in [0.05, 0.1) is 6.04 Å². The Hall–Kier alpha value is -1.95. The van der Waals surface area contributed by atoms with Gasteiger partial charge in [0.25, 0.3) is 5.91 Å². The van der Waals surface area contributed by atoms with Crippen LogP contribution >= 0.6 is 11.3 Å². The summed E-state index contributed by atoms with van der Waals surface area (Å²) in [4.78, 5) is 32.0. The van der Waals surface area contributed by atoms with Crippen molar-refractivity contribution >= 4 is 23.0 Å². The topological polar surface area (TPSA) is 74.8 Å². The number of H-pyrrole nitrogens is 1. The Labute approximate surface area is 139 Å². The number of carbonyl (C=O) groups excluding carboxylic acids is 2. The molecule has 6 heteroatoms. The predicted octanol–water partition coefficient (Wildman–Crippen LogP) is 3.48. The molecule has 2 aromatic rings. The Bertz CT molecular complexity index is 771. The highest BCUT2D eigenvalue weighted by atomic mass is 32.1. The molecule has 0 aromatic carbocycles. The molecule has 122 valence electrons. The number of aromatic amines is 1. The molecule has 0 unspecified atom stereocenters. The quantitative estimate of drug-likeness (QED) is 0.824. The second-order valence-corrected chi connectivity index (χ2v) is 7.19. The fourth-order valence-corrected chi connectivity index (χ4v) is 3.98. The SMILES string of the molecule is CC(=O)c1c(C)[nH]c(C(=O)N[C@@H](c2nc(C)cs2)C2CC2)c1C. The third-order valence-corrected chi connectivity index (χ3v) is 5.35. The highest BCUT2D eigenvalue weighted by molar-refractivity contribution is 7.09. The first-order chi connectivity index (χ1) is 10.9. The van der Waals surface area contributed by atoms with Crippen molar-refractivity contribution in [3.63, 3.8) is 0 Å². The number of rotatable bonds is 5. The van der Waals surface area contributed by atoms with Crippen LogP contribution in [0.4, 0.5) is 0 Å². The van der Waals surface area contributed by atoms with Crippen LogP contribution in [0.25, 0.3) is 0 Å². The van der Waals surface area contributed by atoms with Gasteiger partial charge < -0.3 is 10.3 Å². The average molecular weight is 331 g/mol. The number of ketones is 1. The van der Waals surface area contributed by atoms with E-state index >= 15 is 0 Å². The number of carbonyl (C=O) groups is 2. The van der Waals surface area contributed by atoms with Crippen molar-refractivity contribution in [1.82, 2.24) is 15.3 Å². The van der Waals surface area contributed by atoms with E-state index in [0.717, 1.165) is 34.8 Å². The molecule has 2 aromatic heterocycles. The Balaban J connectivity index is 1.85. The molecule has 0 bridgehead atoms. The van der Waals surface area contributed by atoms with Gasteiger partial charge in [-0.1, -0.05) is 0 Å². The zero-order valence-corrected chi connectivity index (χ0v) is 14.6. The van der Waals surface area contributed by atoms with Crippen molar-refractivity contribution in [1.29, 1.82) is 0 Å². The molecule has 0 radical (unpaired) electrons. The summed E-state index contributed by atoms with van der Waals surface area (Å²) in [5.41, 5.74) is 3.54. The lowest BCUT2D eigenvalue weighted by Gasteiger charge is -2.15. The van der Waals surface area contributed by atoms with Gasteiger partial charge in [-0.05, 0) is 52.0 Å². The zero-order valence-electron chi connectivity index (χ0n) is 13.8. The molecule has 1 fully saturated rings. The van der Waals surface area contributed by atoms with Crippen molar-refractivity contribution in [2.45, 2.75) is 46.6 Å². The number of thiazole rings is 1. The predicted molar refractivity (Wildman–Crippen MR) is 90.1 cm³/mol. The molecule has 0 aliphatic heterocycles. The van der Waals surface area contributed by atoms with E-state index in [1.807, 2.05) is 26.2 Å². The van der Waals surface area contributed by atoms with Crippen LogP contribution in [0.15, 0.2) is 5.38 Å². The van der Waals surface area contributed by atoms with E-state index in [-0.39, 0.29) is 17.7 Å². The van der Waals surface area contributed by atoms with Crippen molar-refractivity contribution in [2.24, 2.45) is 5.92 Å². The first-order valence-electron chi connectivity index (χ1n) is 7.81. The summed E-state index contributed by atoms with van der Waals surface area (Å²) in [6.45, 7) is 7.12. The van der Waals surface area contributed by atoms with Crippen molar-refractivity contribution in [2.75, 3.05) is 0 Å². The highest BCUT2D eigenvalue weighted by Gasteiger charge is 2.36. The molecular formula is C17H21N3O2S. The summed E-state index contributed by atoms with van der Waals surface area (Å²) < 4.78 is 0. The Kier molecular flexibility index (Phi) is 4.10. The zero-order chi connectivity index (χ0) is 16.7. The smallest absolute Gasteiger partial charge is 0.268 e. The summed E-state index contributed by atoms with van der Waals surface area (Å²) in [6, 6.07) is -0.0371. The molecule has 1 amide bonds. The molecule has 1 aliphatic carbocycles. The van der Waals surface area contributed by atoms with E-state index in [0.29, 0.717) is 17.2 Å². The number of nitrogens with zero attached hydrogens (tertiary/aromatic N) is 1. The first-order valence-corrected chi connectivity index (χ1v) is 8.69. The second kappa shape index (κ2) is 5.92. The normalized spacial score (nSPS) is 15.5. The van der Waals surface area contributed by atoms with Crippen LogP contribution in [0.3, 0.4) is 0 Å². The summed E-state index contributed by atoms with van der Waals surface area (Å²) in [7, 11) is 0. The number of aryl methyl sites for hydroxylation is 2. The van der Waals surface area contributed by atoms with Crippen molar-refractivity contribution < 1.29 is 9.59 Å². The largest absolute Gasteiger partial charge is 0.354 e.